The van der Waals surface area contributed by atoms with Crippen molar-refractivity contribution in [1.29, 1.82) is 0 Å². The molecule has 1 aromatic carbocycles. The van der Waals surface area contributed by atoms with E-state index < -0.39 is 23.8 Å². The Hall–Kier alpha value is -2.22. The van der Waals surface area contributed by atoms with Crippen LogP contribution in [0.2, 0.25) is 5.02 Å². The van der Waals surface area contributed by atoms with E-state index in [-0.39, 0.29) is 6.54 Å². The summed E-state index contributed by atoms with van der Waals surface area (Å²) < 4.78 is 32.0. The summed E-state index contributed by atoms with van der Waals surface area (Å²) in [5.74, 6) is -1.14. The second-order valence-electron chi connectivity index (χ2n) is 4.04. The number of nitrogens with zero attached hydrogens (tertiary/aromatic N) is 3. The number of aromatic nitrogens is 3. The van der Waals surface area contributed by atoms with Gasteiger partial charge in [0.2, 0.25) is 0 Å². The summed E-state index contributed by atoms with van der Waals surface area (Å²) in [7, 11) is 1.42. The van der Waals surface area contributed by atoms with Crippen LogP contribution in [-0.2, 0) is 6.54 Å². The van der Waals surface area contributed by atoms with E-state index in [0.717, 1.165) is 4.68 Å². The Bertz CT molecular complexity index is 676. The fourth-order valence-electron chi connectivity index (χ4n) is 1.84. The van der Waals surface area contributed by atoms with E-state index in [1.54, 1.807) is 12.1 Å². The van der Waals surface area contributed by atoms with Gasteiger partial charge in [0.05, 0.1) is 13.7 Å². The van der Waals surface area contributed by atoms with Crippen LogP contribution in [0, 0.1) is 0 Å². The van der Waals surface area contributed by atoms with Crippen molar-refractivity contribution >= 4 is 17.6 Å². The van der Waals surface area contributed by atoms with Gasteiger partial charge in [0.25, 0.3) is 6.43 Å². The third-order valence-corrected chi connectivity index (χ3v) is 2.98. The Morgan fingerprint density at radius 1 is 1.52 bits per heavy atom. The summed E-state index contributed by atoms with van der Waals surface area (Å²) in [6, 6.07) is 4.69. The number of ether oxygens (including phenoxy) is 1. The molecule has 0 bridgehead atoms. The van der Waals surface area contributed by atoms with E-state index in [1.807, 2.05) is 0 Å². The summed E-state index contributed by atoms with van der Waals surface area (Å²) in [5.41, 5.74) is -1.05. The van der Waals surface area contributed by atoms with Gasteiger partial charge in [-0.2, -0.15) is 0 Å². The Morgan fingerprint density at radius 2 is 2.24 bits per heavy atom. The molecule has 6 nitrogen and oxygen atoms in total. The summed E-state index contributed by atoms with van der Waals surface area (Å²) in [5, 5.41) is 16.0. The molecule has 112 valence electrons. The minimum absolute atomic E-state index is 0.135. The Morgan fingerprint density at radius 3 is 2.81 bits per heavy atom. The van der Waals surface area contributed by atoms with Crippen LogP contribution in [0.5, 0.6) is 5.75 Å². The second-order valence-corrected chi connectivity index (χ2v) is 4.48. The first kappa shape index (κ1) is 15.2. The van der Waals surface area contributed by atoms with E-state index in [2.05, 4.69) is 10.3 Å². The highest BCUT2D eigenvalue weighted by Gasteiger charge is 2.26. The molecule has 0 atom stereocenters. The first-order valence-electron chi connectivity index (χ1n) is 5.71. The molecule has 0 saturated carbocycles. The lowest BCUT2D eigenvalue weighted by molar-refractivity contribution is 0.0675. The second kappa shape index (κ2) is 6.04. The van der Waals surface area contributed by atoms with Crippen LogP contribution >= 0.6 is 11.6 Å². The summed E-state index contributed by atoms with van der Waals surface area (Å²) in [6.07, 6.45) is -3.02. The van der Waals surface area contributed by atoms with Crippen LogP contribution in [0.25, 0.3) is 0 Å². The normalized spacial score (nSPS) is 10.9. The molecule has 1 N–H and O–H groups in total. The minimum Gasteiger partial charge on any atom is -0.496 e. The molecule has 0 aliphatic heterocycles. The Kier molecular flexibility index (Phi) is 4.37. The van der Waals surface area contributed by atoms with Gasteiger partial charge in [-0.1, -0.05) is 16.8 Å². The summed E-state index contributed by atoms with van der Waals surface area (Å²) in [4.78, 5) is 10.9. The van der Waals surface area contributed by atoms with E-state index in [9.17, 15) is 13.6 Å². The van der Waals surface area contributed by atoms with Gasteiger partial charge in [-0.05, 0) is 18.2 Å². The molecule has 21 heavy (non-hydrogen) atoms. The number of alkyl halides is 2. The Balaban J connectivity index is 2.45. The fourth-order valence-corrected chi connectivity index (χ4v) is 2.03. The number of hydrogen-bond acceptors (Lipinski definition) is 4. The van der Waals surface area contributed by atoms with E-state index in [0.29, 0.717) is 16.3 Å². The Labute approximate surface area is 122 Å². The molecule has 0 spiro atoms. The average molecular weight is 318 g/mol. The van der Waals surface area contributed by atoms with Crippen molar-refractivity contribution in [2.24, 2.45) is 0 Å². The lowest BCUT2D eigenvalue weighted by Crippen LogP contribution is -2.10. The molecule has 0 radical (unpaired) electrons. The van der Waals surface area contributed by atoms with Gasteiger partial charge < -0.3 is 9.84 Å². The van der Waals surface area contributed by atoms with Crippen molar-refractivity contribution in [3.05, 3.63) is 40.2 Å². The third-order valence-electron chi connectivity index (χ3n) is 2.75. The molecule has 0 fully saturated rings. The number of carboxylic acids is 1. The highest BCUT2D eigenvalue weighted by Crippen LogP contribution is 2.26. The van der Waals surface area contributed by atoms with Crippen molar-refractivity contribution in [2.45, 2.75) is 13.0 Å². The van der Waals surface area contributed by atoms with Crippen LogP contribution in [0.4, 0.5) is 8.78 Å². The number of hydrogen-bond donors (Lipinski definition) is 1. The number of rotatable bonds is 5. The minimum atomic E-state index is -3.02. The number of aromatic carboxylic acids is 1. The SMILES string of the molecule is COc1ccc(Cl)cc1Cn1nnc(C(=O)O)c1C(F)F. The molecule has 0 aliphatic rings. The standard InChI is InChI=1S/C12H10ClF2N3O3/c1-21-8-3-2-7(13)4-6(8)5-18-10(11(14)15)9(12(19)20)16-17-18/h2-4,11H,5H2,1H3,(H,19,20). The molecule has 0 saturated heterocycles. The molecule has 0 amide bonds. The van der Waals surface area contributed by atoms with Crippen LogP contribution in [-0.4, -0.2) is 33.2 Å². The van der Waals surface area contributed by atoms with Crippen molar-refractivity contribution in [1.82, 2.24) is 15.0 Å². The van der Waals surface area contributed by atoms with Crippen molar-refractivity contribution in [3.8, 4) is 5.75 Å². The predicted molar refractivity (Wildman–Crippen MR) is 69.0 cm³/mol. The molecule has 1 heterocycles. The van der Waals surface area contributed by atoms with Crippen LogP contribution in [0.15, 0.2) is 18.2 Å². The number of carbonyl (C=O) groups is 1. The number of halogens is 3. The van der Waals surface area contributed by atoms with E-state index in [1.165, 1.54) is 13.2 Å². The lowest BCUT2D eigenvalue weighted by Gasteiger charge is -2.10. The lowest BCUT2D eigenvalue weighted by atomic mass is 10.2. The largest absolute Gasteiger partial charge is 0.496 e. The fraction of sp³-hybridized carbons (Fsp3) is 0.250. The first-order valence-corrected chi connectivity index (χ1v) is 6.09. The highest BCUT2D eigenvalue weighted by atomic mass is 35.5. The molecule has 1 aromatic heterocycles. The van der Waals surface area contributed by atoms with Gasteiger partial charge in [-0.15, -0.1) is 5.10 Å². The maximum atomic E-state index is 13.0. The third kappa shape index (κ3) is 3.10. The molecule has 9 heteroatoms. The van der Waals surface area contributed by atoms with Gasteiger partial charge in [0.1, 0.15) is 11.4 Å². The smallest absolute Gasteiger partial charge is 0.358 e. The van der Waals surface area contributed by atoms with Crippen molar-refractivity contribution in [3.63, 3.8) is 0 Å². The molecule has 2 aromatic rings. The van der Waals surface area contributed by atoms with E-state index in [4.69, 9.17) is 21.4 Å². The molecule has 0 aliphatic carbocycles. The van der Waals surface area contributed by atoms with Crippen molar-refractivity contribution < 1.29 is 23.4 Å². The first-order chi connectivity index (χ1) is 9.93. The van der Waals surface area contributed by atoms with Crippen LogP contribution in [0.3, 0.4) is 0 Å². The zero-order chi connectivity index (χ0) is 15.6. The zero-order valence-corrected chi connectivity index (χ0v) is 11.5. The number of carboxylic acid groups (broad SMARTS) is 1. The molecular weight excluding hydrogens is 308 g/mol. The zero-order valence-electron chi connectivity index (χ0n) is 10.8. The monoisotopic (exact) mass is 317 g/mol. The molecular formula is C12H10ClF2N3O3. The van der Waals surface area contributed by atoms with Gasteiger partial charge in [0, 0.05) is 10.6 Å². The van der Waals surface area contributed by atoms with Gasteiger partial charge in [0.15, 0.2) is 5.69 Å². The summed E-state index contributed by atoms with van der Waals surface area (Å²) >= 11 is 5.85. The number of benzene rings is 1. The van der Waals surface area contributed by atoms with Crippen LogP contribution < -0.4 is 4.74 Å². The van der Waals surface area contributed by atoms with Crippen molar-refractivity contribution in [2.75, 3.05) is 7.11 Å². The highest BCUT2D eigenvalue weighted by molar-refractivity contribution is 6.30. The van der Waals surface area contributed by atoms with Gasteiger partial charge >= 0.3 is 5.97 Å². The molecule has 2 rings (SSSR count). The topological polar surface area (TPSA) is 77.2 Å². The van der Waals surface area contributed by atoms with E-state index >= 15 is 0 Å². The van der Waals surface area contributed by atoms with Gasteiger partial charge in [-0.25, -0.2) is 18.3 Å². The quantitative estimate of drug-likeness (QED) is 0.917. The maximum absolute atomic E-state index is 13.0. The van der Waals surface area contributed by atoms with Gasteiger partial charge in [-0.3, -0.25) is 0 Å². The summed E-state index contributed by atoms with van der Waals surface area (Å²) in [6.45, 7) is -0.135. The average Bonchev–Trinajstić information content (AvgIpc) is 2.83. The maximum Gasteiger partial charge on any atom is 0.358 e. The van der Waals surface area contributed by atoms with Crippen LogP contribution in [0.1, 0.15) is 28.2 Å². The predicted octanol–water partition coefficient (Wildman–Crippen LogP) is 2.62. The molecule has 0 unspecified atom stereocenters. The number of methoxy groups -OCH3 is 1.